The predicted molar refractivity (Wildman–Crippen MR) is 59.2 cm³/mol. The summed E-state index contributed by atoms with van der Waals surface area (Å²) in [6, 6.07) is 3.33. The van der Waals surface area contributed by atoms with Gasteiger partial charge in [0.2, 0.25) is 0 Å². The molecule has 0 spiro atoms. The Hall–Kier alpha value is -1.22. The van der Waals surface area contributed by atoms with Crippen molar-refractivity contribution in [1.82, 2.24) is 15.5 Å². The molecule has 1 fully saturated rings. The van der Waals surface area contributed by atoms with Crippen LogP contribution in [-0.2, 0) is 0 Å². The van der Waals surface area contributed by atoms with E-state index in [2.05, 4.69) is 27.7 Å². The van der Waals surface area contributed by atoms with E-state index in [1.54, 1.807) is 6.20 Å². The zero-order chi connectivity index (χ0) is 10.1. The highest BCUT2D eigenvalue weighted by atomic mass is 15.1. The quantitative estimate of drug-likeness (QED) is 0.752. The van der Waals surface area contributed by atoms with E-state index in [0.29, 0.717) is 6.04 Å². The Morgan fingerprint density at radius 1 is 1.20 bits per heavy atom. The van der Waals surface area contributed by atoms with Crippen LogP contribution in [0, 0.1) is 0 Å². The third-order valence-corrected chi connectivity index (χ3v) is 3.41. The molecule has 3 heterocycles. The Kier molecular flexibility index (Phi) is 2.25. The molecule has 3 nitrogen and oxygen atoms in total. The molecule has 2 bridgehead atoms. The second kappa shape index (κ2) is 3.74. The van der Waals surface area contributed by atoms with Gasteiger partial charge in [-0.15, -0.1) is 0 Å². The van der Waals surface area contributed by atoms with Crippen LogP contribution in [0.3, 0.4) is 0 Å². The molecular formula is C12H15N3. The normalized spacial score (nSPS) is 29.7. The molecular weight excluding hydrogens is 186 g/mol. The topological polar surface area (TPSA) is 37.8 Å². The zero-order valence-electron chi connectivity index (χ0n) is 8.69. The SMILES string of the molecule is C1=C(c2ccnnc2)[C@H]2CCC(CC1)N2. The number of hydrogen-bond donors (Lipinski definition) is 1. The van der Waals surface area contributed by atoms with Gasteiger partial charge in [-0.1, -0.05) is 6.08 Å². The predicted octanol–water partition coefficient (Wildman–Crippen LogP) is 1.77. The number of hydrogen-bond acceptors (Lipinski definition) is 3. The fourth-order valence-corrected chi connectivity index (χ4v) is 2.65. The van der Waals surface area contributed by atoms with Gasteiger partial charge in [0.1, 0.15) is 0 Å². The first-order valence-electron chi connectivity index (χ1n) is 5.66. The first-order valence-corrected chi connectivity index (χ1v) is 5.66. The largest absolute Gasteiger partial charge is 0.307 e. The molecule has 2 aliphatic rings. The van der Waals surface area contributed by atoms with Gasteiger partial charge in [0.25, 0.3) is 0 Å². The van der Waals surface area contributed by atoms with Crippen LogP contribution in [0.25, 0.3) is 5.57 Å². The maximum atomic E-state index is 3.95. The summed E-state index contributed by atoms with van der Waals surface area (Å²) in [7, 11) is 0. The summed E-state index contributed by atoms with van der Waals surface area (Å²) in [5, 5.41) is 11.5. The first-order chi connectivity index (χ1) is 7.43. The van der Waals surface area contributed by atoms with Crippen molar-refractivity contribution in [2.24, 2.45) is 0 Å². The summed E-state index contributed by atoms with van der Waals surface area (Å²) in [4.78, 5) is 0. The van der Waals surface area contributed by atoms with Crippen molar-refractivity contribution < 1.29 is 0 Å². The van der Waals surface area contributed by atoms with Gasteiger partial charge < -0.3 is 5.32 Å². The van der Waals surface area contributed by atoms with Crippen molar-refractivity contribution in [3.63, 3.8) is 0 Å². The molecule has 15 heavy (non-hydrogen) atoms. The minimum atomic E-state index is 0.543. The van der Waals surface area contributed by atoms with Crippen molar-refractivity contribution in [2.45, 2.75) is 37.8 Å². The van der Waals surface area contributed by atoms with Gasteiger partial charge in [0, 0.05) is 17.6 Å². The van der Waals surface area contributed by atoms with E-state index >= 15 is 0 Å². The highest BCUT2D eigenvalue weighted by Crippen LogP contribution is 2.31. The molecule has 0 aliphatic carbocycles. The van der Waals surface area contributed by atoms with Crippen LogP contribution in [0.4, 0.5) is 0 Å². The smallest absolute Gasteiger partial charge is 0.0571 e. The van der Waals surface area contributed by atoms with Crippen molar-refractivity contribution in [3.8, 4) is 0 Å². The molecule has 1 aromatic heterocycles. The van der Waals surface area contributed by atoms with E-state index in [1.807, 2.05) is 6.20 Å². The van der Waals surface area contributed by atoms with Crippen molar-refractivity contribution >= 4 is 5.57 Å². The van der Waals surface area contributed by atoms with Gasteiger partial charge in [-0.3, -0.25) is 0 Å². The lowest BCUT2D eigenvalue weighted by Crippen LogP contribution is -2.28. The van der Waals surface area contributed by atoms with E-state index in [0.717, 1.165) is 6.04 Å². The van der Waals surface area contributed by atoms with Gasteiger partial charge in [-0.25, -0.2) is 0 Å². The van der Waals surface area contributed by atoms with Crippen LogP contribution >= 0.6 is 0 Å². The van der Waals surface area contributed by atoms with Gasteiger partial charge in [0.15, 0.2) is 0 Å². The molecule has 1 saturated heterocycles. The molecule has 0 aromatic carbocycles. The van der Waals surface area contributed by atoms with E-state index < -0.39 is 0 Å². The fourth-order valence-electron chi connectivity index (χ4n) is 2.65. The molecule has 3 rings (SSSR count). The van der Waals surface area contributed by atoms with Crippen LogP contribution in [0.5, 0.6) is 0 Å². The van der Waals surface area contributed by atoms with Crippen LogP contribution in [0.2, 0.25) is 0 Å². The number of fused-ring (bicyclic) bond motifs is 2. The Balaban J connectivity index is 1.94. The summed E-state index contributed by atoms with van der Waals surface area (Å²) in [6.07, 6.45) is 11.1. The van der Waals surface area contributed by atoms with Gasteiger partial charge in [0.05, 0.1) is 12.4 Å². The molecule has 0 amide bonds. The number of nitrogens with zero attached hydrogens (tertiary/aromatic N) is 2. The third kappa shape index (κ3) is 1.67. The molecule has 3 heteroatoms. The number of rotatable bonds is 1. The van der Waals surface area contributed by atoms with E-state index in [4.69, 9.17) is 0 Å². The van der Waals surface area contributed by atoms with Gasteiger partial charge in [-0.05, 0) is 37.3 Å². The molecule has 0 saturated carbocycles. The maximum absolute atomic E-state index is 3.95. The summed E-state index contributed by atoms with van der Waals surface area (Å²) in [5.74, 6) is 0. The third-order valence-electron chi connectivity index (χ3n) is 3.41. The van der Waals surface area contributed by atoms with Crippen molar-refractivity contribution in [1.29, 1.82) is 0 Å². The Labute approximate surface area is 89.6 Å². The Morgan fingerprint density at radius 3 is 3.07 bits per heavy atom. The molecule has 1 unspecified atom stereocenters. The van der Waals surface area contributed by atoms with Gasteiger partial charge in [-0.2, -0.15) is 10.2 Å². The Bertz CT molecular complexity index is 372. The molecule has 1 N–H and O–H groups in total. The molecule has 78 valence electrons. The molecule has 1 aromatic rings. The van der Waals surface area contributed by atoms with Crippen LogP contribution in [0.1, 0.15) is 31.2 Å². The maximum Gasteiger partial charge on any atom is 0.0571 e. The average Bonchev–Trinajstić information content (AvgIpc) is 2.61. The second-order valence-electron chi connectivity index (χ2n) is 4.36. The number of aromatic nitrogens is 2. The number of nitrogens with one attached hydrogen (secondary N) is 1. The summed E-state index contributed by atoms with van der Waals surface area (Å²) >= 11 is 0. The standard InChI is InChI=1S/C12H15N3/c1-2-10-4-5-12(15-10)11(3-1)9-6-7-13-14-8-9/h3,6-8,10,12,15H,1-2,4-5H2/t10?,12-/m1/s1. The fraction of sp³-hybridized carbons (Fsp3) is 0.500. The lowest BCUT2D eigenvalue weighted by atomic mass is 9.95. The van der Waals surface area contributed by atoms with Gasteiger partial charge >= 0.3 is 0 Å². The van der Waals surface area contributed by atoms with Crippen molar-refractivity contribution in [2.75, 3.05) is 0 Å². The Morgan fingerprint density at radius 2 is 2.20 bits per heavy atom. The number of allylic oxidation sites excluding steroid dienone is 1. The average molecular weight is 201 g/mol. The highest BCUT2D eigenvalue weighted by molar-refractivity contribution is 5.69. The molecule has 0 radical (unpaired) electrons. The minimum absolute atomic E-state index is 0.543. The van der Waals surface area contributed by atoms with Crippen LogP contribution in [-0.4, -0.2) is 22.3 Å². The van der Waals surface area contributed by atoms with Crippen molar-refractivity contribution in [3.05, 3.63) is 30.1 Å². The monoisotopic (exact) mass is 201 g/mol. The lowest BCUT2D eigenvalue weighted by Gasteiger charge is -2.14. The highest BCUT2D eigenvalue weighted by Gasteiger charge is 2.28. The molecule has 2 atom stereocenters. The minimum Gasteiger partial charge on any atom is -0.307 e. The summed E-state index contributed by atoms with van der Waals surface area (Å²) < 4.78 is 0. The second-order valence-corrected chi connectivity index (χ2v) is 4.36. The lowest BCUT2D eigenvalue weighted by molar-refractivity contribution is 0.559. The van der Waals surface area contributed by atoms with E-state index in [1.165, 1.54) is 36.8 Å². The summed E-state index contributed by atoms with van der Waals surface area (Å²) in [6.45, 7) is 0. The molecule has 2 aliphatic heterocycles. The zero-order valence-corrected chi connectivity index (χ0v) is 8.69. The first kappa shape index (κ1) is 9.04. The summed E-state index contributed by atoms with van der Waals surface area (Å²) in [5.41, 5.74) is 2.65. The van der Waals surface area contributed by atoms with E-state index in [-0.39, 0.29) is 0 Å². The van der Waals surface area contributed by atoms with E-state index in [9.17, 15) is 0 Å². The van der Waals surface area contributed by atoms with Crippen LogP contribution in [0.15, 0.2) is 24.5 Å². The van der Waals surface area contributed by atoms with Crippen LogP contribution < -0.4 is 5.32 Å².